The van der Waals surface area contributed by atoms with Gasteiger partial charge < -0.3 is 9.63 Å². The Morgan fingerprint density at radius 2 is 2.27 bits per heavy atom. The zero-order chi connectivity index (χ0) is 10.8. The van der Waals surface area contributed by atoms with Crippen molar-refractivity contribution >= 4 is 0 Å². The second-order valence-electron chi connectivity index (χ2n) is 4.42. The van der Waals surface area contributed by atoms with Gasteiger partial charge >= 0.3 is 0 Å². The Bertz CT molecular complexity index is 320. The van der Waals surface area contributed by atoms with Crippen molar-refractivity contribution < 1.29 is 9.63 Å². The first-order valence-corrected chi connectivity index (χ1v) is 5.29. The number of aromatic nitrogens is 2. The predicted molar refractivity (Wildman–Crippen MR) is 54.1 cm³/mol. The van der Waals surface area contributed by atoms with Crippen LogP contribution in [0, 0.1) is 12.8 Å². The molecule has 0 aliphatic heterocycles. The maximum absolute atomic E-state index is 9.17. The maximum Gasteiger partial charge on any atom is 0.223 e. The molecule has 84 valence electrons. The summed E-state index contributed by atoms with van der Waals surface area (Å²) in [5.74, 6) is 1.96. The van der Waals surface area contributed by atoms with Crippen LogP contribution in [0.3, 0.4) is 0 Å². The van der Waals surface area contributed by atoms with Crippen LogP contribution >= 0.6 is 0 Å². The van der Waals surface area contributed by atoms with Crippen molar-refractivity contribution in [2.75, 3.05) is 13.6 Å². The van der Waals surface area contributed by atoms with Gasteiger partial charge in [-0.1, -0.05) is 5.16 Å². The molecule has 1 saturated carbocycles. The fourth-order valence-electron chi connectivity index (χ4n) is 2.00. The molecule has 0 unspecified atom stereocenters. The molecular weight excluding hydrogens is 194 g/mol. The van der Waals surface area contributed by atoms with Crippen LogP contribution in [-0.2, 0) is 6.54 Å². The van der Waals surface area contributed by atoms with E-state index in [1.165, 1.54) is 0 Å². The molecule has 1 aromatic heterocycles. The lowest BCUT2D eigenvalue weighted by Crippen LogP contribution is -2.36. The Hall–Kier alpha value is -0.940. The molecule has 0 aromatic carbocycles. The van der Waals surface area contributed by atoms with Crippen molar-refractivity contribution in [3.05, 3.63) is 11.7 Å². The van der Waals surface area contributed by atoms with Crippen molar-refractivity contribution in [2.45, 2.75) is 32.4 Å². The molecule has 5 heteroatoms. The topological polar surface area (TPSA) is 62.4 Å². The monoisotopic (exact) mass is 211 g/mol. The first-order valence-electron chi connectivity index (χ1n) is 5.29. The smallest absolute Gasteiger partial charge is 0.223 e. The molecule has 1 aliphatic carbocycles. The molecule has 1 aromatic rings. The van der Waals surface area contributed by atoms with E-state index in [9.17, 15) is 0 Å². The summed E-state index contributed by atoms with van der Waals surface area (Å²) >= 11 is 0. The number of aryl methyl sites for hydroxylation is 1. The number of aliphatic hydroxyl groups excluding tert-OH is 1. The van der Waals surface area contributed by atoms with Crippen LogP contribution in [0.1, 0.15) is 24.6 Å². The molecule has 15 heavy (non-hydrogen) atoms. The summed E-state index contributed by atoms with van der Waals surface area (Å²) in [5.41, 5.74) is 0. The van der Waals surface area contributed by atoms with E-state index in [0.29, 0.717) is 18.4 Å². The van der Waals surface area contributed by atoms with Crippen LogP contribution in [0.5, 0.6) is 0 Å². The Balaban J connectivity index is 1.75. The van der Waals surface area contributed by atoms with Crippen LogP contribution in [0.25, 0.3) is 0 Å². The Morgan fingerprint density at radius 3 is 2.80 bits per heavy atom. The molecule has 0 amide bonds. The minimum atomic E-state index is -0.0733. The van der Waals surface area contributed by atoms with E-state index in [1.54, 1.807) is 6.92 Å². The number of nitrogens with zero attached hydrogens (tertiary/aromatic N) is 3. The van der Waals surface area contributed by atoms with Crippen molar-refractivity contribution in [2.24, 2.45) is 5.92 Å². The van der Waals surface area contributed by atoms with E-state index in [4.69, 9.17) is 9.63 Å². The fourth-order valence-corrected chi connectivity index (χ4v) is 2.00. The Morgan fingerprint density at radius 1 is 1.53 bits per heavy atom. The predicted octanol–water partition coefficient (Wildman–Crippen LogP) is 0.581. The SMILES string of the molecule is Cc1nc(CN(C)CC2CC(O)C2)no1. The van der Waals surface area contributed by atoms with E-state index in [1.807, 2.05) is 7.05 Å². The van der Waals surface area contributed by atoms with Gasteiger partial charge in [-0.2, -0.15) is 4.98 Å². The molecule has 1 heterocycles. The van der Waals surface area contributed by atoms with Crippen LogP contribution < -0.4 is 0 Å². The number of hydrogen-bond acceptors (Lipinski definition) is 5. The van der Waals surface area contributed by atoms with Gasteiger partial charge in [-0.25, -0.2) is 0 Å². The van der Waals surface area contributed by atoms with E-state index < -0.39 is 0 Å². The average molecular weight is 211 g/mol. The molecule has 1 aliphatic rings. The lowest BCUT2D eigenvalue weighted by atomic mass is 9.82. The van der Waals surface area contributed by atoms with Gasteiger partial charge in [0.1, 0.15) is 0 Å². The van der Waals surface area contributed by atoms with E-state index in [0.717, 1.165) is 25.2 Å². The Labute approximate surface area is 89.1 Å². The first kappa shape index (κ1) is 10.6. The molecule has 5 nitrogen and oxygen atoms in total. The highest BCUT2D eigenvalue weighted by Crippen LogP contribution is 2.27. The highest BCUT2D eigenvalue weighted by molar-refractivity contribution is 4.85. The van der Waals surface area contributed by atoms with Crippen LogP contribution in [0.4, 0.5) is 0 Å². The summed E-state index contributed by atoms with van der Waals surface area (Å²) in [5, 5.41) is 13.0. The van der Waals surface area contributed by atoms with Crippen LogP contribution in [0.2, 0.25) is 0 Å². The lowest BCUT2D eigenvalue weighted by Gasteiger charge is -2.34. The van der Waals surface area contributed by atoms with E-state index in [2.05, 4.69) is 15.0 Å². The highest BCUT2D eigenvalue weighted by atomic mass is 16.5. The zero-order valence-corrected chi connectivity index (χ0v) is 9.18. The third kappa shape index (κ3) is 2.76. The van der Waals surface area contributed by atoms with Gasteiger partial charge in [0.15, 0.2) is 5.82 Å². The standard InChI is InChI=1S/C10H17N3O2/c1-7-11-10(12-15-7)6-13(2)5-8-3-9(14)4-8/h8-9,14H,3-6H2,1-2H3. The summed E-state index contributed by atoms with van der Waals surface area (Å²) in [7, 11) is 2.04. The third-order valence-electron chi connectivity index (χ3n) is 2.76. The number of rotatable bonds is 4. The molecule has 0 saturated heterocycles. The first-order chi connectivity index (χ1) is 7.13. The van der Waals surface area contributed by atoms with Crippen LogP contribution in [-0.4, -0.2) is 39.8 Å². The highest BCUT2D eigenvalue weighted by Gasteiger charge is 2.28. The van der Waals surface area contributed by atoms with Crippen LogP contribution in [0.15, 0.2) is 4.52 Å². The molecule has 1 fully saturated rings. The van der Waals surface area contributed by atoms with E-state index >= 15 is 0 Å². The zero-order valence-electron chi connectivity index (χ0n) is 9.18. The summed E-state index contributed by atoms with van der Waals surface area (Å²) < 4.78 is 4.90. The fraction of sp³-hybridized carbons (Fsp3) is 0.800. The molecule has 0 spiro atoms. The second-order valence-corrected chi connectivity index (χ2v) is 4.42. The largest absolute Gasteiger partial charge is 0.393 e. The molecule has 0 atom stereocenters. The summed E-state index contributed by atoms with van der Waals surface area (Å²) in [6.07, 6.45) is 1.78. The molecule has 0 bridgehead atoms. The molecule has 2 rings (SSSR count). The van der Waals surface area contributed by atoms with Gasteiger partial charge in [-0.15, -0.1) is 0 Å². The van der Waals surface area contributed by atoms with Gasteiger partial charge in [-0.05, 0) is 25.8 Å². The molecule has 1 N–H and O–H groups in total. The number of aliphatic hydroxyl groups is 1. The maximum atomic E-state index is 9.17. The second kappa shape index (κ2) is 4.28. The normalized spacial score (nSPS) is 25.6. The minimum Gasteiger partial charge on any atom is -0.393 e. The van der Waals surface area contributed by atoms with Crippen molar-refractivity contribution in [3.63, 3.8) is 0 Å². The van der Waals surface area contributed by atoms with Gasteiger partial charge in [0.05, 0.1) is 12.6 Å². The van der Waals surface area contributed by atoms with Gasteiger partial charge in [0, 0.05) is 13.5 Å². The van der Waals surface area contributed by atoms with Gasteiger partial charge in [0.2, 0.25) is 5.89 Å². The minimum absolute atomic E-state index is 0.0733. The van der Waals surface area contributed by atoms with Gasteiger partial charge in [-0.3, -0.25) is 4.90 Å². The summed E-state index contributed by atoms with van der Waals surface area (Å²) in [6.45, 7) is 3.49. The van der Waals surface area contributed by atoms with E-state index in [-0.39, 0.29) is 6.10 Å². The quantitative estimate of drug-likeness (QED) is 0.789. The molecule has 0 radical (unpaired) electrons. The number of hydrogen-bond donors (Lipinski definition) is 1. The Kier molecular flexibility index (Phi) is 3.02. The van der Waals surface area contributed by atoms with Crippen molar-refractivity contribution in [1.82, 2.24) is 15.0 Å². The average Bonchev–Trinajstić information content (AvgIpc) is 2.48. The van der Waals surface area contributed by atoms with Crippen molar-refractivity contribution in [3.8, 4) is 0 Å². The molecular formula is C10H17N3O2. The summed E-state index contributed by atoms with van der Waals surface area (Å²) in [6, 6.07) is 0. The summed E-state index contributed by atoms with van der Waals surface area (Å²) in [4.78, 5) is 6.32. The van der Waals surface area contributed by atoms with Crippen molar-refractivity contribution in [1.29, 1.82) is 0 Å². The van der Waals surface area contributed by atoms with Gasteiger partial charge in [0.25, 0.3) is 0 Å². The lowest BCUT2D eigenvalue weighted by molar-refractivity contribution is 0.0270. The third-order valence-corrected chi connectivity index (χ3v) is 2.76.